The number of pyridine rings is 1. The summed E-state index contributed by atoms with van der Waals surface area (Å²) >= 11 is 11.8. The Morgan fingerprint density at radius 3 is 2.64 bits per heavy atom. The first-order chi connectivity index (χ1) is 12.1. The minimum atomic E-state index is -0.102. The largest absolute Gasteiger partial charge is 0.352 e. The zero-order valence-electron chi connectivity index (χ0n) is 13.9. The van der Waals surface area contributed by atoms with E-state index in [0.717, 1.165) is 38.2 Å². The van der Waals surface area contributed by atoms with Gasteiger partial charge in [-0.05, 0) is 62.2 Å². The van der Waals surface area contributed by atoms with Crippen LogP contribution in [0.5, 0.6) is 0 Å². The summed E-state index contributed by atoms with van der Waals surface area (Å²) in [5.41, 5.74) is 1.65. The van der Waals surface area contributed by atoms with E-state index in [4.69, 9.17) is 23.2 Å². The van der Waals surface area contributed by atoms with Crippen molar-refractivity contribution in [1.82, 2.24) is 15.2 Å². The number of rotatable bonds is 5. The molecule has 6 heteroatoms. The first kappa shape index (κ1) is 18.2. The number of benzene rings is 1. The quantitative estimate of drug-likeness (QED) is 0.855. The highest BCUT2D eigenvalue weighted by atomic mass is 35.5. The van der Waals surface area contributed by atoms with E-state index in [9.17, 15) is 4.79 Å². The van der Waals surface area contributed by atoms with E-state index in [0.29, 0.717) is 28.1 Å². The van der Waals surface area contributed by atoms with Crippen molar-refractivity contribution in [1.29, 1.82) is 0 Å². The Kier molecular flexibility index (Phi) is 6.29. The van der Waals surface area contributed by atoms with Gasteiger partial charge in [-0.1, -0.05) is 29.3 Å². The minimum Gasteiger partial charge on any atom is -0.352 e. The Bertz CT molecular complexity index is 716. The molecule has 0 saturated carbocycles. The Hall–Kier alpha value is -1.62. The maximum absolute atomic E-state index is 12.2. The Balaban J connectivity index is 1.43. The summed E-state index contributed by atoms with van der Waals surface area (Å²) in [6, 6.07) is 11.0. The first-order valence-electron chi connectivity index (χ1n) is 8.47. The second-order valence-corrected chi connectivity index (χ2v) is 7.19. The molecule has 1 saturated heterocycles. The number of nitrogens with one attached hydrogen (secondary N) is 1. The molecule has 2 aromatic rings. The van der Waals surface area contributed by atoms with Gasteiger partial charge in [-0.25, -0.2) is 0 Å². The van der Waals surface area contributed by atoms with Gasteiger partial charge in [-0.2, -0.15) is 0 Å². The molecular weight excluding hydrogens is 357 g/mol. The molecule has 1 amide bonds. The molecule has 1 fully saturated rings. The van der Waals surface area contributed by atoms with Crippen molar-refractivity contribution in [3.05, 3.63) is 63.9 Å². The number of likely N-dealkylation sites (tertiary alicyclic amines) is 1. The van der Waals surface area contributed by atoms with Gasteiger partial charge < -0.3 is 5.32 Å². The van der Waals surface area contributed by atoms with Gasteiger partial charge in [0.15, 0.2) is 0 Å². The molecule has 1 aliphatic heterocycles. The molecule has 4 nitrogen and oxygen atoms in total. The number of aromatic nitrogens is 1. The lowest BCUT2D eigenvalue weighted by Gasteiger charge is -2.31. The molecule has 1 aliphatic rings. The molecule has 25 heavy (non-hydrogen) atoms. The van der Waals surface area contributed by atoms with Crippen LogP contribution in [0.3, 0.4) is 0 Å². The van der Waals surface area contributed by atoms with Crippen LogP contribution in [0.25, 0.3) is 0 Å². The highest BCUT2D eigenvalue weighted by Crippen LogP contribution is 2.23. The van der Waals surface area contributed by atoms with Gasteiger partial charge in [0, 0.05) is 24.8 Å². The fourth-order valence-electron chi connectivity index (χ4n) is 3.05. The highest BCUT2D eigenvalue weighted by Gasteiger charge is 2.20. The lowest BCUT2D eigenvalue weighted by molar-refractivity contribution is 0.0935. The maximum atomic E-state index is 12.2. The highest BCUT2D eigenvalue weighted by molar-refractivity contribution is 6.42. The van der Waals surface area contributed by atoms with Crippen molar-refractivity contribution in [3.8, 4) is 0 Å². The van der Waals surface area contributed by atoms with E-state index in [-0.39, 0.29) is 5.91 Å². The molecule has 0 atom stereocenters. The van der Waals surface area contributed by atoms with Gasteiger partial charge in [-0.3, -0.25) is 14.7 Å². The second-order valence-electron chi connectivity index (χ2n) is 6.38. The summed E-state index contributed by atoms with van der Waals surface area (Å²) in [4.78, 5) is 19.0. The molecule has 132 valence electrons. The predicted octanol–water partition coefficient (Wildman–Crippen LogP) is 4.03. The maximum Gasteiger partial charge on any atom is 0.251 e. The molecule has 1 N–H and O–H groups in total. The van der Waals surface area contributed by atoms with Crippen molar-refractivity contribution >= 4 is 29.1 Å². The molecular formula is C19H21Cl2N3O. The standard InChI is InChI=1S/C19H21Cl2N3O/c20-17-5-4-15(11-18(17)21)19(25)23-12-14-6-9-24(10-7-14)13-16-3-1-2-8-22-16/h1-5,8,11,14H,6-7,9-10,12-13H2,(H,23,25). The predicted molar refractivity (Wildman–Crippen MR) is 101 cm³/mol. The summed E-state index contributed by atoms with van der Waals surface area (Å²) in [6.45, 7) is 3.65. The van der Waals surface area contributed by atoms with Gasteiger partial charge >= 0.3 is 0 Å². The molecule has 0 bridgehead atoms. The fourth-order valence-corrected chi connectivity index (χ4v) is 3.34. The van der Waals surface area contributed by atoms with Crippen molar-refractivity contribution in [2.75, 3.05) is 19.6 Å². The average molecular weight is 378 g/mol. The van der Waals surface area contributed by atoms with Crippen molar-refractivity contribution in [3.63, 3.8) is 0 Å². The van der Waals surface area contributed by atoms with Crippen LogP contribution < -0.4 is 5.32 Å². The monoisotopic (exact) mass is 377 g/mol. The second kappa shape index (κ2) is 8.65. The van der Waals surface area contributed by atoms with Crippen LogP contribution in [0.15, 0.2) is 42.6 Å². The summed E-state index contributed by atoms with van der Waals surface area (Å²) in [6.07, 6.45) is 3.99. The SMILES string of the molecule is O=C(NCC1CCN(Cc2ccccn2)CC1)c1ccc(Cl)c(Cl)c1. The number of carbonyl (C=O) groups excluding carboxylic acids is 1. The first-order valence-corrected chi connectivity index (χ1v) is 9.23. The molecule has 0 spiro atoms. The summed E-state index contributed by atoms with van der Waals surface area (Å²) < 4.78 is 0. The van der Waals surface area contributed by atoms with E-state index < -0.39 is 0 Å². The third-order valence-corrected chi connectivity index (χ3v) is 5.29. The Labute approximate surface area is 158 Å². The smallest absolute Gasteiger partial charge is 0.251 e. The van der Waals surface area contributed by atoms with E-state index in [1.807, 2.05) is 18.3 Å². The zero-order valence-corrected chi connectivity index (χ0v) is 15.4. The number of carbonyl (C=O) groups is 1. The molecule has 0 radical (unpaired) electrons. The van der Waals surface area contributed by atoms with E-state index in [1.54, 1.807) is 18.2 Å². The van der Waals surface area contributed by atoms with Gasteiger partial charge in [0.2, 0.25) is 0 Å². The third kappa shape index (κ3) is 5.18. The summed E-state index contributed by atoms with van der Waals surface area (Å²) in [7, 11) is 0. The normalized spacial score (nSPS) is 15.9. The van der Waals surface area contributed by atoms with E-state index in [2.05, 4.69) is 21.3 Å². The number of halogens is 2. The van der Waals surface area contributed by atoms with E-state index in [1.165, 1.54) is 0 Å². The van der Waals surface area contributed by atoms with Crippen molar-refractivity contribution < 1.29 is 4.79 Å². The number of hydrogen-bond donors (Lipinski definition) is 1. The number of nitrogens with zero attached hydrogens (tertiary/aromatic N) is 2. The van der Waals surface area contributed by atoms with Gasteiger partial charge in [0.05, 0.1) is 15.7 Å². The minimum absolute atomic E-state index is 0.102. The Morgan fingerprint density at radius 2 is 1.96 bits per heavy atom. The number of piperidine rings is 1. The molecule has 2 heterocycles. The Morgan fingerprint density at radius 1 is 1.16 bits per heavy atom. The zero-order chi connectivity index (χ0) is 17.6. The van der Waals surface area contributed by atoms with Crippen LogP contribution in [-0.4, -0.2) is 35.4 Å². The van der Waals surface area contributed by atoms with Crippen molar-refractivity contribution in [2.24, 2.45) is 5.92 Å². The molecule has 0 unspecified atom stereocenters. The fraction of sp³-hybridized carbons (Fsp3) is 0.368. The number of amides is 1. The van der Waals surface area contributed by atoms with Gasteiger partial charge in [-0.15, -0.1) is 0 Å². The number of hydrogen-bond acceptors (Lipinski definition) is 3. The van der Waals surface area contributed by atoms with Crippen LogP contribution >= 0.6 is 23.2 Å². The summed E-state index contributed by atoms with van der Waals surface area (Å²) in [5.74, 6) is 0.404. The van der Waals surface area contributed by atoms with Crippen LogP contribution in [0, 0.1) is 5.92 Å². The van der Waals surface area contributed by atoms with Crippen LogP contribution in [0.4, 0.5) is 0 Å². The lowest BCUT2D eigenvalue weighted by atomic mass is 9.96. The lowest BCUT2D eigenvalue weighted by Crippen LogP contribution is -2.38. The molecule has 1 aromatic carbocycles. The van der Waals surface area contributed by atoms with Crippen LogP contribution in [-0.2, 0) is 6.54 Å². The van der Waals surface area contributed by atoms with Crippen LogP contribution in [0.2, 0.25) is 10.0 Å². The molecule has 0 aliphatic carbocycles. The average Bonchev–Trinajstić information content (AvgIpc) is 2.64. The van der Waals surface area contributed by atoms with Gasteiger partial charge in [0.1, 0.15) is 0 Å². The van der Waals surface area contributed by atoms with E-state index >= 15 is 0 Å². The molecule has 3 rings (SSSR count). The van der Waals surface area contributed by atoms with Crippen LogP contribution in [0.1, 0.15) is 28.9 Å². The molecule has 1 aromatic heterocycles. The topological polar surface area (TPSA) is 45.2 Å². The third-order valence-electron chi connectivity index (χ3n) is 4.55. The van der Waals surface area contributed by atoms with Gasteiger partial charge in [0.25, 0.3) is 5.91 Å². The summed E-state index contributed by atoms with van der Waals surface area (Å²) in [5, 5.41) is 3.87. The van der Waals surface area contributed by atoms with Crippen molar-refractivity contribution in [2.45, 2.75) is 19.4 Å².